The number of nitrogens with one attached hydrogen (secondary N) is 1. The van der Waals surface area contributed by atoms with Gasteiger partial charge < -0.3 is 18.6 Å². The number of carbonyl (C=O) groups is 1. The van der Waals surface area contributed by atoms with Crippen LogP contribution in [0.15, 0.2) is 59.0 Å². The molecule has 7 heteroatoms. The zero-order valence-electron chi connectivity index (χ0n) is 20.4. The van der Waals surface area contributed by atoms with Crippen molar-refractivity contribution in [2.45, 2.75) is 46.3 Å². The fourth-order valence-corrected chi connectivity index (χ4v) is 4.71. The maximum atomic E-state index is 13.0. The molecule has 35 heavy (non-hydrogen) atoms. The molecular weight excluding hydrogens is 440 g/mol. The van der Waals surface area contributed by atoms with Gasteiger partial charge in [0.1, 0.15) is 18.1 Å². The number of fused-ring (bicyclic) bond motifs is 2. The van der Waals surface area contributed by atoms with Crippen molar-refractivity contribution >= 4 is 22.9 Å². The van der Waals surface area contributed by atoms with Gasteiger partial charge in [-0.3, -0.25) is 10.1 Å². The minimum absolute atomic E-state index is 0.236. The Morgan fingerprint density at radius 3 is 2.77 bits per heavy atom. The van der Waals surface area contributed by atoms with Crippen LogP contribution in [0, 0.1) is 0 Å². The van der Waals surface area contributed by atoms with Crippen molar-refractivity contribution in [3.63, 3.8) is 0 Å². The predicted molar refractivity (Wildman–Crippen MR) is 137 cm³/mol. The molecule has 0 saturated carbocycles. The number of nitrogens with zero attached hydrogens (tertiary/aromatic N) is 3. The highest BCUT2D eigenvalue weighted by atomic mass is 16.5. The van der Waals surface area contributed by atoms with Crippen LogP contribution < -0.4 is 10.1 Å². The van der Waals surface area contributed by atoms with Gasteiger partial charge in [-0.25, -0.2) is 4.98 Å². The number of para-hydroxylation sites is 2. The van der Waals surface area contributed by atoms with E-state index in [0.717, 1.165) is 55.8 Å². The van der Waals surface area contributed by atoms with E-state index < -0.39 is 0 Å². The molecule has 2 aromatic heterocycles. The van der Waals surface area contributed by atoms with Crippen LogP contribution in [0.1, 0.15) is 47.7 Å². The zero-order valence-corrected chi connectivity index (χ0v) is 20.4. The summed E-state index contributed by atoms with van der Waals surface area (Å²) in [6, 6.07) is 17.7. The van der Waals surface area contributed by atoms with Crippen molar-refractivity contribution in [1.82, 2.24) is 14.5 Å². The molecule has 7 nitrogen and oxygen atoms in total. The molecule has 1 amide bonds. The Bertz CT molecular complexity index is 1320. The van der Waals surface area contributed by atoms with Gasteiger partial charge >= 0.3 is 0 Å². The van der Waals surface area contributed by atoms with Crippen LogP contribution in [0.4, 0.5) is 5.95 Å². The van der Waals surface area contributed by atoms with Crippen molar-refractivity contribution in [2.24, 2.45) is 0 Å². The fraction of sp³-hybridized carbons (Fsp3) is 0.357. The molecule has 4 aromatic rings. The second-order valence-electron chi connectivity index (χ2n) is 8.90. The molecule has 1 aliphatic rings. The lowest BCUT2D eigenvalue weighted by Crippen LogP contribution is -2.27. The van der Waals surface area contributed by atoms with Crippen molar-refractivity contribution in [3.8, 4) is 5.75 Å². The number of hydrogen-bond donors (Lipinski definition) is 1. The molecule has 0 fully saturated rings. The van der Waals surface area contributed by atoms with E-state index in [9.17, 15) is 4.79 Å². The van der Waals surface area contributed by atoms with Gasteiger partial charge in [0, 0.05) is 13.1 Å². The molecular formula is C28H32N4O3. The first-order valence-corrected chi connectivity index (χ1v) is 12.5. The normalized spacial score (nSPS) is 12.9. The van der Waals surface area contributed by atoms with Gasteiger partial charge in [-0.15, -0.1) is 0 Å². The van der Waals surface area contributed by atoms with Gasteiger partial charge in [0.05, 0.1) is 11.0 Å². The molecule has 0 saturated heterocycles. The molecule has 5 rings (SSSR count). The van der Waals surface area contributed by atoms with Crippen molar-refractivity contribution < 1.29 is 13.9 Å². The Morgan fingerprint density at radius 1 is 1.09 bits per heavy atom. The third-order valence-corrected chi connectivity index (χ3v) is 6.75. The maximum absolute atomic E-state index is 13.0. The number of likely N-dealkylation sites (N-methyl/N-ethyl adjacent to an activating group) is 1. The highest BCUT2D eigenvalue weighted by molar-refractivity contribution is 6.02. The number of rotatable bonds is 10. The van der Waals surface area contributed by atoms with Crippen molar-refractivity contribution in [3.05, 3.63) is 77.2 Å². The Hall–Kier alpha value is -3.58. The predicted octanol–water partition coefficient (Wildman–Crippen LogP) is 5.29. The lowest BCUT2D eigenvalue weighted by Gasteiger charge is -2.19. The van der Waals surface area contributed by atoms with Crippen LogP contribution in [0.25, 0.3) is 11.0 Å². The van der Waals surface area contributed by atoms with E-state index in [1.165, 1.54) is 17.5 Å². The SMILES string of the molecule is CCN(CC)CCn1c(NC(=O)c2ccc(COc3ccc4c(c3)CCC4)o2)nc2ccccc21. The van der Waals surface area contributed by atoms with E-state index >= 15 is 0 Å². The van der Waals surface area contributed by atoms with Crippen LogP contribution in [-0.2, 0) is 26.0 Å². The van der Waals surface area contributed by atoms with E-state index in [1.807, 2.05) is 30.3 Å². The minimum Gasteiger partial charge on any atom is -0.486 e. The average molecular weight is 473 g/mol. The number of aryl methyl sites for hydroxylation is 2. The van der Waals surface area contributed by atoms with Crippen LogP contribution in [0.2, 0.25) is 0 Å². The third-order valence-electron chi connectivity index (χ3n) is 6.75. The summed E-state index contributed by atoms with van der Waals surface area (Å²) in [5.41, 5.74) is 4.63. The molecule has 1 N–H and O–H groups in total. The molecule has 0 radical (unpaired) electrons. The van der Waals surface area contributed by atoms with Gasteiger partial charge in [0.25, 0.3) is 5.91 Å². The third kappa shape index (κ3) is 5.10. The first kappa shape index (κ1) is 23.2. The number of ether oxygens (including phenoxy) is 1. The van der Waals surface area contributed by atoms with Crippen LogP contribution in [0.5, 0.6) is 5.75 Å². The second kappa shape index (κ2) is 10.4. The molecule has 2 heterocycles. The molecule has 0 unspecified atom stereocenters. The van der Waals surface area contributed by atoms with Gasteiger partial charge in [-0.05, 0) is 79.9 Å². The number of hydrogen-bond acceptors (Lipinski definition) is 5. The Morgan fingerprint density at radius 2 is 1.91 bits per heavy atom. The highest BCUT2D eigenvalue weighted by Crippen LogP contribution is 2.27. The quantitative estimate of drug-likeness (QED) is 0.339. The van der Waals surface area contributed by atoms with Crippen LogP contribution in [0.3, 0.4) is 0 Å². The van der Waals surface area contributed by atoms with Crippen LogP contribution in [-0.4, -0.2) is 40.0 Å². The van der Waals surface area contributed by atoms with Gasteiger partial charge in [0.2, 0.25) is 5.95 Å². The lowest BCUT2D eigenvalue weighted by molar-refractivity contribution is 0.0991. The Labute approximate surface area is 205 Å². The summed E-state index contributed by atoms with van der Waals surface area (Å²) in [5, 5.41) is 2.95. The van der Waals surface area contributed by atoms with Gasteiger partial charge in [-0.1, -0.05) is 32.0 Å². The number of anilines is 1. The summed E-state index contributed by atoms with van der Waals surface area (Å²) >= 11 is 0. The topological polar surface area (TPSA) is 72.5 Å². The first-order valence-electron chi connectivity index (χ1n) is 12.5. The monoisotopic (exact) mass is 472 g/mol. The molecule has 1 aliphatic carbocycles. The second-order valence-corrected chi connectivity index (χ2v) is 8.90. The zero-order chi connectivity index (χ0) is 24.2. The number of benzene rings is 2. The lowest BCUT2D eigenvalue weighted by atomic mass is 10.1. The molecule has 2 aromatic carbocycles. The molecule has 182 valence electrons. The molecule has 0 aliphatic heterocycles. The van der Waals surface area contributed by atoms with Gasteiger partial charge in [-0.2, -0.15) is 0 Å². The van der Waals surface area contributed by atoms with Crippen molar-refractivity contribution in [1.29, 1.82) is 0 Å². The molecule has 0 atom stereocenters. The number of imidazole rings is 1. The minimum atomic E-state index is -0.326. The largest absolute Gasteiger partial charge is 0.486 e. The standard InChI is InChI=1S/C28H32N4O3/c1-3-31(4-2)16-17-32-25-11-6-5-10-24(25)29-28(32)30-27(33)26-15-14-23(35-26)19-34-22-13-12-20-8-7-9-21(20)18-22/h5-6,10-15,18H,3-4,7-9,16-17,19H2,1-2H3,(H,29,30,33). The number of furan rings is 1. The summed E-state index contributed by atoms with van der Waals surface area (Å²) in [4.78, 5) is 20.0. The molecule has 0 bridgehead atoms. The van der Waals surface area contributed by atoms with E-state index in [0.29, 0.717) is 11.7 Å². The van der Waals surface area contributed by atoms with Crippen molar-refractivity contribution in [2.75, 3.05) is 25.0 Å². The van der Waals surface area contributed by atoms with E-state index in [2.05, 4.69) is 45.7 Å². The average Bonchev–Trinajstić information content (AvgIpc) is 3.62. The maximum Gasteiger partial charge on any atom is 0.293 e. The summed E-state index contributed by atoms with van der Waals surface area (Å²) in [7, 11) is 0. The first-order chi connectivity index (χ1) is 17.1. The smallest absolute Gasteiger partial charge is 0.293 e. The summed E-state index contributed by atoms with van der Waals surface area (Å²) in [6.07, 6.45) is 3.46. The number of amides is 1. The highest BCUT2D eigenvalue weighted by Gasteiger charge is 2.18. The summed E-state index contributed by atoms with van der Waals surface area (Å²) in [6.45, 7) is 8.15. The number of aromatic nitrogens is 2. The Kier molecular flexibility index (Phi) is 6.86. The molecule has 0 spiro atoms. The van der Waals surface area contributed by atoms with E-state index in [-0.39, 0.29) is 18.3 Å². The van der Waals surface area contributed by atoms with E-state index in [4.69, 9.17) is 9.15 Å². The summed E-state index contributed by atoms with van der Waals surface area (Å²) in [5.74, 6) is 1.87. The van der Waals surface area contributed by atoms with Crippen LogP contribution >= 0.6 is 0 Å². The van der Waals surface area contributed by atoms with Gasteiger partial charge in [0.15, 0.2) is 5.76 Å². The fourth-order valence-electron chi connectivity index (χ4n) is 4.71. The number of carbonyl (C=O) groups excluding carboxylic acids is 1. The summed E-state index contributed by atoms with van der Waals surface area (Å²) < 4.78 is 13.8. The Balaban J connectivity index is 1.27. The van der Waals surface area contributed by atoms with E-state index in [1.54, 1.807) is 12.1 Å².